The number of aryl methyl sites for hydroxylation is 1. The molecule has 4 aromatic rings. The highest BCUT2D eigenvalue weighted by atomic mass is 16.5. The number of hydrogen-bond donors (Lipinski definition) is 2. The number of nitrogens with zero attached hydrogens (tertiary/aromatic N) is 3. The van der Waals surface area contributed by atoms with Gasteiger partial charge in [-0.15, -0.1) is 0 Å². The number of nitrogens with one attached hydrogen (secondary N) is 1. The van der Waals surface area contributed by atoms with Crippen LogP contribution in [0.3, 0.4) is 0 Å². The molecular formula is C22H20N4O4. The summed E-state index contributed by atoms with van der Waals surface area (Å²) in [7, 11) is 4.61. The smallest absolute Gasteiger partial charge is 0.331 e. The van der Waals surface area contributed by atoms with E-state index < -0.39 is 11.7 Å². The number of para-hydroxylation sites is 3. The van der Waals surface area contributed by atoms with Gasteiger partial charge in [0.25, 0.3) is 5.56 Å². The summed E-state index contributed by atoms with van der Waals surface area (Å²) >= 11 is 0. The van der Waals surface area contributed by atoms with E-state index in [-0.39, 0.29) is 11.3 Å². The Morgan fingerprint density at radius 3 is 2.57 bits per heavy atom. The fourth-order valence-electron chi connectivity index (χ4n) is 4.28. The highest BCUT2D eigenvalue weighted by Crippen LogP contribution is 2.44. The minimum Gasteiger partial charge on any atom is -0.504 e. The number of ether oxygens (including phenoxy) is 1. The van der Waals surface area contributed by atoms with E-state index in [2.05, 4.69) is 5.32 Å². The number of phenolic OH excluding ortho intramolecular Hbond substituents is 1. The Balaban J connectivity index is 1.93. The lowest BCUT2D eigenvalue weighted by Gasteiger charge is -2.30. The van der Waals surface area contributed by atoms with Crippen molar-refractivity contribution in [2.24, 2.45) is 14.1 Å². The number of rotatable bonds is 2. The number of benzene rings is 2. The Morgan fingerprint density at radius 1 is 1.03 bits per heavy atom. The van der Waals surface area contributed by atoms with Crippen LogP contribution in [-0.4, -0.2) is 25.9 Å². The van der Waals surface area contributed by atoms with Crippen LogP contribution in [0.1, 0.15) is 17.3 Å². The average molecular weight is 404 g/mol. The third-order valence-electron chi connectivity index (χ3n) is 5.76. The van der Waals surface area contributed by atoms with E-state index in [0.29, 0.717) is 27.9 Å². The molecule has 1 aliphatic rings. The van der Waals surface area contributed by atoms with Gasteiger partial charge in [-0.25, -0.2) is 4.79 Å². The Morgan fingerprint density at radius 2 is 1.80 bits per heavy atom. The third-order valence-corrected chi connectivity index (χ3v) is 5.76. The fourth-order valence-corrected chi connectivity index (χ4v) is 4.28. The minimum atomic E-state index is -0.509. The molecule has 3 heterocycles. The second-order valence-electron chi connectivity index (χ2n) is 7.34. The van der Waals surface area contributed by atoms with Gasteiger partial charge in [-0.05, 0) is 18.2 Å². The summed E-state index contributed by atoms with van der Waals surface area (Å²) in [6.45, 7) is 0. The molecule has 8 heteroatoms. The molecular weight excluding hydrogens is 384 g/mol. The molecule has 0 fully saturated rings. The summed E-state index contributed by atoms with van der Waals surface area (Å²) in [5.41, 5.74) is 2.74. The van der Waals surface area contributed by atoms with Crippen LogP contribution in [0.4, 0.5) is 5.69 Å². The van der Waals surface area contributed by atoms with Gasteiger partial charge >= 0.3 is 5.69 Å². The zero-order valence-electron chi connectivity index (χ0n) is 16.7. The maximum absolute atomic E-state index is 12.9. The molecule has 0 spiro atoms. The Kier molecular flexibility index (Phi) is 3.79. The van der Waals surface area contributed by atoms with Gasteiger partial charge in [0.05, 0.1) is 41.1 Å². The van der Waals surface area contributed by atoms with Crippen molar-refractivity contribution >= 4 is 16.6 Å². The number of anilines is 1. The van der Waals surface area contributed by atoms with Crippen LogP contribution >= 0.6 is 0 Å². The molecule has 8 nitrogen and oxygen atoms in total. The van der Waals surface area contributed by atoms with E-state index in [9.17, 15) is 14.7 Å². The van der Waals surface area contributed by atoms with E-state index in [1.807, 2.05) is 28.8 Å². The Hall–Kier alpha value is -3.94. The van der Waals surface area contributed by atoms with Gasteiger partial charge < -0.3 is 19.7 Å². The lowest BCUT2D eigenvalue weighted by atomic mass is 9.98. The van der Waals surface area contributed by atoms with Crippen LogP contribution in [0.15, 0.2) is 58.3 Å². The van der Waals surface area contributed by atoms with E-state index in [1.54, 1.807) is 31.4 Å². The molecule has 1 aliphatic heterocycles. The Bertz CT molecular complexity index is 1440. The zero-order valence-corrected chi connectivity index (χ0v) is 16.7. The second kappa shape index (κ2) is 6.28. The molecule has 0 saturated heterocycles. The number of methoxy groups -OCH3 is 1. The number of aromatic nitrogens is 3. The minimum absolute atomic E-state index is 0.00612. The van der Waals surface area contributed by atoms with Gasteiger partial charge in [-0.2, -0.15) is 0 Å². The topological polar surface area (TPSA) is 90.4 Å². The molecule has 0 radical (unpaired) electrons. The molecule has 2 N–H and O–H groups in total. The quantitative estimate of drug-likeness (QED) is 0.535. The number of phenols is 1. The van der Waals surface area contributed by atoms with E-state index in [0.717, 1.165) is 15.9 Å². The van der Waals surface area contributed by atoms with Crippen molar-refractivity contribution in [3.05, 3.63) is 80.8 Å². The first-order chi connectivity index (χ1) is 14.4. The molecule has 1 unspecified atom stereocenters. The highest BCUT2D eigenvalue weighted by Gasteiger charge is 2.32. The first-order valence-electron chi connectivity index (χ1n) is 9.46. The van der Waals surface area contributed by atoms with Crippen molar-refractivity contribution in [3.63, 3.8) is 0 Å². The van der Waals surface area contributed by atoms with Crippen molar-refractivity contribution in [2.45, 2.75) is 6.04 Å². The normalized spacial score (nSPS) is 14.8. The molecule has 30 heavy (non-hydrogen) atoms. The van der Waals surface area contributed by atoms with Gasteiger partial charge in [0.15, 0.2) is 11.5 Å². The summed E-state index contributed by atoms with van der Waals surface area (Å²) in [6, 6.07) is 12.5. The van der Waals surface area contributed by atoms with Gasteiger partial charge in [-0.1, -0.05) is 24.3 Å². The second-order valence-corrected chi connectivity index (χ2v) is 7.34. The number of fused-ring (bicyclic) bond motifs is 5. The first kappa shape index (κ1) is 18.1. The van der Waals surface area contributed by atoms with Gasteiger partial charge in [0.2, 0.25) is 0 Å². The lowest BCUT2D eigenvalue weighted by molar-refractivity contribution is 0.370. The maximum atomic E-state index is 12.9. The molecule has 0 bridgehead atoms. The van der Waals surface area contributed by atoms with Crippen LogP contribution in [0.2, 0.25) is 0 Å². The molecule has 0 amide bonds. The number of hydrogen-bond acceptors (Lipinski definition) is 5. The maximum Gasteiger partial charge on any atom is 0.331 e. The third kappa shape index (κ3) is 2.27. The predicted molar refractivity (Wildman–Crippen MR) is 114 cm³/mol. The van der Waals surface area contributed by atoms with Crippen LogP contribution in [0.25, 0.3) is 16.6 Å². The largest absolute Gasteiger partial charge is 0.504 e. The first-order valence-corrected chi connectivity index (χ1v) is 9.46. The van der Waals surface area contributed by atoms with Crippen molar-refractivity contribution < 1.29 is 9.84 Å². The van der Waals surface area contributed by atoms with Crippen molar-refractivity contribution in [1.82, 2.24) is 13.7 Å². The molecule has 2 aromatic carbocycles. The average Bonchev–Trinajstić information content (AvgIpc) is 3.17. The Labute approximate surface area is 171 Å². The van der Waals surface area contributed by atoms with Crippen LogP contribution in [-0.2, 0) is 14.1 Å². The SMILES string of the molecule is COc1cccc(C2Nc3ccccc3-n3cc4c(=O)n(C)c(=O)n(C)c4c32)c1O. The lowest BCUT2D eigenvalue weighted by Crippen LogP contribution is -2.37. The van der Waals surface area contributed by atoms with E-state index in [4.69, 9.17) is 4.74 Å². The molecule has 2 aromatic heterocycles. The van der Waals surface area contributed by atoms with Crippen LogP contribution in [0.5, 0.6) is 11.5 Å². The summed E-state index contributed by atoms with van der Waals surface area (Å²) in [4.78, 5) is 25.6. The fraction of sp³-hybridized carbons (Fsp3) is 0.182. The highest BCUT2D eigenvalue weighted by molar-refractivity contribution is 5.86. The van der Waals surface area contributed by atoms with Gasteiger partial charge in [0, 0.05) is 25.9 Å². The van der Waals surface area contributed by atoms with Crippen molar-refractivity contribution in [3.8, 4) is 17.2 Å². The van der Waals surface area contributed by atoms with E-state index >= 15 is 0 Å². The number of aromatic hydroxyl groups is 1. The summed E-state index contributed by atoms with van der Waals surface area (Å²) in [5.74, 6) is 0.354. The van der Waals surface area contributed by atoms with Crippen molar-refractivity contribution in [1.29, 1.82) is 0 Å². The molecule has 0 saturated carbocycles. The predicted octanol–water partition coefficient (Wildman–Crippen LogP) is 2.26. The zero-order chi connectivity index (χ0) is 21.2. The molecule has 152 valence electrons. The molecule has 0 aliphatic carbocycles. The molecule has 5 rings (SSSR count). The molecule has 1 atom stereocenters. The van der Waals surface area contributed by atoms with Crippen LogP contribution in [0, 0.1) is 0 Å². The van der Waals surface area contributed by atoms with Crippen LogP contribution < -0.4 is 21.3 Å². The summed E-state index contributed by atoms with van der Waals surface area (Å²) in [5, 5.41) is 14.7. The van der Waals surface area contributed by atoms with Gasteiger partial charge in [0.1, 0.15) is 0 Å². The van der Waals surface area contributed by atoms with Crippen molar-refractivity contribution in [2.75, 3.05) is 12.4 Å². The van der Waals surface area contributed by atoms with E-state index in [1.165, 1.54) is 18.7 Å². The monoisotopic (exact) mass is 404 g/mol. The summed E-state index contributed by atoms with van der Waals surface area (Å²) in [6.07, 6.45) is 1.76. The van der Waals surface area contributed by atoms with Gasteiger partial charge in [-0.3, -0.25) is 13.9 Å². The summed E-state index contributed by atoms with van der Waals surface area (Å²) < 4.78 is 9.78. The standard InChI is InChI=1S/C22H20N4O4/c1-24-18-13(21(28)25(2)22(24)29)11-26-15-9-5-4-8-14(15)23-17(19(18)26)12-7-6-10-16(30-3)20(12)27/h4-11,17,23,27H,1-3H3.